The van der Waals surface area contributed by atoms with Crippen LogP contribution in [0.25, 0.3) is 11.0 Å². The topological polar surface area (TPSA) is 97.6 Å². The molecule has 1 aromatic heterocycles. The fourth-order valence-electron chi connectivity index (χ4n) is 3.61. The molecule has 0 spiro atoms. The van der Waals surface area contributed by atoms with Crippen molar-refractivity contribution in [2.45, 2.75) is 25.2 Å². The first-order valence-electron chi connectivity index (χ1n) is 10.4. The van der Waals surface area contributed by atoms with E-state index in [9.17, 15) is 13.2 Å². The molecule has 0 atom stereocenters. The number of hydrogen-bond acceptors (Lipinski definition) is 5. The quantitative estimate of drug-likeness (QED) is 0.341. The van der Waals surface area contributed by atoms with Crippen LogP contribution in [0.4, 0.5) is 11.4 Å². The van der Waals surface area contributed by atoms with E-state index in [4.69, 9.17) is 20.8 Å². The van der Waals surface area contributed by atoms with Gasteiger partial charge in [0.05, 0.1) is 30.5 Å². The number of benzene rings is 3. The third-order valence-corrected chi connectivity index (χ3v) is 7.26. The molecule has 0 fully saturated rings. The zero-order valence-corrected chi connectivity index (χ0v) is 20.4. The molecule has 7 nitrogen and oxygen atoms in total. The van der Waals surface area contributed by atoms with Gasteiger partial charge in [-0.2, -0.15) is 0 Å². The second kappa shape index (κ2) is 9.40. The van der Waals surface area contributed by atoms with Crippen molar-refractivity contribution in [3.63, 3.8) is 0 Å². The van der Waals surface area contributed by atoms with Gasteiger partial charge < -0.3 is 14.5 Å². The molecule has 34 heavy (non-hydrogen) atoms. The van der Waals surface area contributed by atoms with Crippen LogP contribution in [0.1, 0.15) is 16.7 Å². The third-order valence-electron chi connectivity index (χ3n) is 5.55. The zero-order valence-electron chi connectivity index (χ0n) is 18.8. The number of halogens is 1. The number of methoxy groups -OCH3 is 1. The predicted molar refractivity (Wildman–Crippen MR) is 133 cm³/mol. The van der Waals surface area contributed by atoms with E-state index >= 15 is 0 Å². The number of para-hydroxylation sites is 1. The van der Waals surface area contributed by atoms with Crippen molar-refractivity contribution in [1.29, 1.82) is 0 Å². The first-order valence-corrected chi connectivity index (χ1v) is 12.3. The second-order valence-electron chi connectivity index (χ2n) is 7.82. The van der Waals surface area contributed by atoms with Gasteiger partial charge in [0.15, 0.2) is 0 Å². The van der Waals surface area contributed by atoms with Crippen molar-refractivity contribution in [2.75, 3.05) is 17.1 Å². The number of aryl methyl sites for hydroxylation is 2. The van der Waals surface area contributed by atoms with E-state index in [1.807, 2.05) is 26.0 Å². The van der Waals surface area contributed by atoms with E-state index in [0.29, 0.717) is 5.69 Å². The van der Waals surface area contributed by atoms with Gasteiger partial charge in [0.25, 0.3) is 10.0 Å². The highest BCUT2D eigenvalue weighted by atomic mass is 35.5. The van der Waals surface area contributed by atoms with Gasteiger partial charge in [-0.25, -0.2) is 8.42 Å². The smallest absolute Gasteiger partial charge is 0.265 e. The molecular formula is C25H23ClN2O5S. The van der Waals surface area contributed by atoms with Crippen molar-refractivity contribution in [2.24, 2.45) is 0 Å². The number of carbonyl (C=O) groups is 1. The summed E-state index contributed by atoms with van der Waals surface area (Å²) >= 11 is 6.10. The lowest BCUT2D eigenvalue weighted by Gasteiger charge is -2.14. The van der Waals surface area contributed by atoms with Gasteiger partial charge in [0.1, 0.15) is 16.2 Å². The number of rotatable bonds is 7. The van der Waals surface area contributed by atoms with E-state index in [0.717, 1.165) is 27.7 Å². The standard InChI is InChI=1S/C25H23ClN2O5S/c1-15-8-10-19-17(14-33-25(19)16(15)2)12-24(29)27-18-9-11-22(32-3)23(13-18)34(30,31)28-21-7-5-4-6-20(21)26/h4-11,13-14,28H,12H2,1-3H3,(H,27,29). The summed E-state index contributed by atoms with van der Waals surface area (Å²) in [7, 11) is -2.68. The van der Waals surface area contributed by atoms with Crippen LogP contribution in [0.2, 0.25) is 5.02 Å². The van der Waals surface area contributed by atoms with E-state index in [1.165, 1.54) is 19.2 Å². The summed E-state index contributed by atoms with van der Waals surface area (Å²) < 4.78 is 39.5. The average Bonchev–Trinajstić information content (AvgIpc) is 3.20. The third kappa shape index (κ3) is 4.73. The van der Waals surface area contributed by atoms with Crippen molar-refractivity contribution in [3.8, 4) is 5.75 Å². The molecule has 4 aromatic rings. The molecule has 4 rings (SSSR count). The fraction of sp³-hybridized carbons (Fsp3) is 0.160. The molecule has 0 aliphatic rings. The summed E-state index contributed by atoms with van der Waals surface area (Å²) in [5, 5.41) is 3.89. The number of sulfonamides is 1. The van der Waals surface area contributed by atoms with Gasteiger partial charge in [0, 0.05) is 16.6 Å². The lowest BCUT2D eigenvalue weighted by Crippen LogP contribution is -2.17. The molecule has 9 heteroatoms. The number of amides is 1. The molecule has 3 aromatic carbocycles. The van der Waals surface area contributed by atoms with Crippen molar-refractivity contribution < 1.29 is 22.4 Å². The molecule has 0 bridgehead atoms. The monoisotopic (exact) mass is 498 g/mol. The van der Waals surface area contributed by atoms with Crippen LogP contribution in [0, 0.1) is 13.8 Å². The highest BCUT2D eigenvalue weighted by Crippen LogP contribution is 2.31. The molecule has 0 unspecified atom stereocenters. The van der Waals surface area contributed by atoms with E-state index in [1.54, 1.807) is 36.6 Å². The van der Waals surface area contributed by atoms with Gasteiger partial charge in [-0.05, 0) is 55.3 Å². The Balaban J connectivity index is 1.58. The summed E-state index contributed by atoms with van der Waals surface area (Å²) in [4.78, 5) is 12.6. The second-order valence-corrected chi connectivity index (χ2v) is 9.88. The van der Waals surface area contributed by atoms with E-state index in [2.05, 4.69) is 10.0 Å². The summed E-state index contributed by atoms with van der Waals surface area (Å²) in [5.41, 5.74) is 4.18. The van der Waals surface area contributed by atoms with Gasteiger partial charge in [-0.15, -0.1) is 0 Å². The zero-order chi connectivity index (χ0) is 24.5. The normalized spacial score (nSPS) is 11.4. The molecule has 1 heterocycles. The highest BCUT2D eigenvalue weighted by Gasteiger charge is 2.22. The minimum atomic E-state index is -4.05. The lowest BCUT2D eigenvalue weighted by atomic mass is 10.0. The Morgan fingerprint density at radius 1 is 1.09 bits per heavy atom. The average molecular weight is 499 g/mol. The molecule has 0 aliphatic carbocycles. The predicted octanol–water partition coefficient (Wildman–Crippen LogP) is 5.69. The van der Waals surface area contributed by atoms with E-state index < -0.39 is 10.0 Å². The summed E-state index contributed by atoms with van der Waals surface area (Å²) in [6.07, 6.45) is 1.65. The van der Waals surface area contributed by atoms with Crippen molar-refractivity contribution >= 4 is 49.9 Å². The van der Waals surface area contributed by atoms with Crippen LogP contribution in [-0.2, 0) is 21.2 Å². The molecular weight excluding hydrogens is 476 g/mol. The molecule has 0 saturated heterocycles. The number of hydrogen-bond donors (Lipinski definition) is 2. The Morgan fingerprint density at radius 2 is 1.85 bits per heavy atom. The van der Waals surface area contributed by atoms with Crippen LogP contribution >= 0.6 is 11.6 Å². The lowest BCUT2D eigenvalue weighted by molar-refractivity contribution is -0.115. The maximum absolute atomic E-state index is 13.1. The minimum absolute atomic E-state index is 0.0709. The summed E-state index contributed by atoms with van der Waals surface area (Å²) in [6.45, 7) is 3.97. The maximum atomic E-state index is 13.1. The Kier molecular flexibility index (Phi) is 6.54. The first-order chi connectivity index (χ1) is 16.2. The molecule has 176 valence electrons. The molecule has 0 radical (unpaired) electrons. The van der Waals surface area contributed by atoms with Crippen molar-refractivity contribution in [1.82, 2.24) is 0 Å². The largest absolute Gasteiger partial charge is 0.495 e. The Bertz CT molecular complexity index is 1490. The maximum Gasteiger partial charge on any atom is 0.265 e. The van der Waals surface area contributed by atoms with Gasteiger partial charge >= 0.3 is 0 Å². The molecule has 1 amide bonds. The first kappa shape index (κ1) is 23.7. The van der Waals surface area contributed by atoms with Crippen LogP contribution in [-0.4, -0.2) is 21.4 Å². The highest BCUT2D eigenvalue weighted by molar-refractivity contribution is 7.92. The van der Waals surface area contributed by atoms with Crippen LogP contribution in [0.5, 0.6) is 5.75 Å². The number of fused-ring (bicyclic) bond motifs is 1. The number of nitrogens with one attached hydrogen (secondary N) is 2. The van der Waals surface area contributed by atoms with Crippen LogP contribution in [0.15, 0.2) is 70.2 Å². The number of carbonyl (C=O) groups excluding carboxylic acids is 1. The Morgan fingerprint density at radius 3 is 2.59 bits per heavy atom. The van der Waals surface area contributed by atoms with Gasteiger partial charge in [0.2, 0.25) is 5.91 Å². The molecule has 2 N–H and O–H groups in total. The molecule has 0 saturated carbocycles. The number of ether oxygens (including phenoxy) is 1. The number of furan rings is 1. The fourth-order valence-corrected chi connectivity index (χ4v) is 5.13. The van der Waals surface area contributed by atoms with E-state index in [-0.39, 0.29) is 33.7 Å². The number of anilines is 2. The summed E-state index contributed by atoms with van der Waals surface area (Å²) in [5.74, 6) is -0.183. The van der Waals surface area contributed by atoms with Crippen molar-refractivity contribution in [3.05, 3.63) is 82.6 Å². The van der Waals surface area contributed by atoms with Crippen LogP contribution < -0.4 is 14.8 Å². The van der Waals surface area contributed by atoms with Crippen LogP contribution in [0.3, 0.4) is 0 Å². The summed E-state index contributed by atoms with van der Waals surface area (Å²) in [6, 6.07) is 14.8. The van der Waals surface area contributed by atoms with Gasteiger partial charge in [-0.1, -0.05) is 35.9 Å². The molecule has 0 aliphatic heterocycles. The SMILES string of the molecule is COc1ccc(NC(=O)Cc2coc3c(C)c(C)ccc23)cc1S(=O)(=O)Nc1ccccc1Cl. The Labute approximate surface area is 202 Å². The minimum Gasteiger partial charge on any atom is -0.495 e. The van der Waals surface area contributed by atoms with Gasteiger partial charge in [-0.3, -0.25) is 9.52 Å². The Hall–Kier alpha value is -3.49.